The zero-order valence-corrected chi connectivity index (χ0v) is 23.8. The number of hydrogen-bond acceptors (Lipinski definition) is 8. The van der Waals surface area contributed by atoms with E-state index < -0.39 is 47.5 Å². The van der Waals surface area contributed by atoms with Gasteiger partial charge < -0.3 is 39.6 Å². The van der Waals surface area contributed by atoms with Crippen molar-refractivity contribution in [3.8, 4) is 0 Å². The first-order chi connectivity index (χ1) is 15.1. The molecule has 2 aliphatic carbocycles. The Labute approximate surface area is 228 Å². The van der Waals surface area contributed by atoms with Crippen molar-refractivity contribution in [3.05, 3.63) is 0 Å². The average Bonchev–Trinajstić information content (AvgIpc) is 2.75. The first kappa shape index (κ1) is 32.2. The van der Waals surface area contributed by atoms with Gasteiger partial charge in [0, 0.05) is 47.5 Å². The average molecular weight is 685 g/mol. The van der Waals surface area contributed by atoms with Gasteiger partial charge in [-0.1, -0.05) is 52.4 Å². The summed E-state index contributed by atoms with van der Waals surface area (Å²) in [5.41, 5.74) is 0. The molecule has 0 saturated heterocycles. The van der Waals surface area contributed by atoms with Crippen LogP contribution in [0.1, 0.15) is 90.9 Å². The summed E-state index contributed by atoms with van der Waals surface area (Å²) >= 11 is 0. The minimum absolute atomic E-state index is 0. The molecule has 0 radical (unpaired) electrons. The van der Waals surface area contributed by atoms with Gasteiger partial charge in [0.05, 0.1) is 0 Å². The maximum absolute atomic E-state index is 10.9. The van der Waals surface area contributed by atoms with Crippen molar-refractivity contribution in [1.29, 1.82) is 0 Å². The molecular weight excluding hydrogens is 648 g/mol. The van der Waals surface area contributed by atoms with Gasteiger partial charge in [0.25, 0.3) is 0 Å². The van der Waals surface area contributed by atoms with Gasteiger partial charge >= 0.3 is 39.9 Å². The molecule has 6 unspecified atom stereocenters. The molecule has 184 valence electrons. The predicted octanol–water partition coefficient (Wildman–Crippen LogP) is -0.582. The summed E-state index contributed by atoms with van der Waals surface area (Å²) < 4.78 is 0. The topological polar surface area (TPSA) is 161 Å². The fourth-order valence-electron chi connectivity index (χ4n) is 5.11. The van der Waals surface area contributed by atoms with Crippen molar-refractivity contribution in [2.75, 3.05) is 0 Å². The molecule has 2 saturated carbocycles. The molecule has 0 aromatic carbocycles. The van der Waals surface area contributed by atoms with Crippen LogP contribution in [0.2, 0.25) is 0 Å². The first-order valence-electron chi connectivity index (χ1n) is 12.0. The quantitative estimate of drug-likeness (QED) is 0.296. The second-order valence-electron chi connectivity index (χ2n) is 9.34. The van der Waals surface area contributed by atoms with Crippen molar-refractivity contribution in [1.82, 2.24) is 0 Å². The van der Waals surface area contributed by atoms with Gasteiger partial charge in [-0.2, -0.15) is 0 Å². The van der Waals surface area contributed by atoms with E-state index in [0.29, 0.717) is 37.5 Å². The number of hydrogen-bond donors (Lipinski definition) is 0. The summed E-state index contributed by atoms with van der Waals surface area (Å²) in [4.78, 5) is 43.3. The fraction of sp³-hybridized carbons (Fsp3) is 0.833. The summed E-state index contributed by atoms with van der Waals surface area (Å²) in [5.74, 6) is -7.75. The van der Waals surface area contributed by atoms with E-state index in [1.54, 1.807) is 0 Å². The molecular formula is C24H36O8Th. The molecule has 6 atom stereocenters. The fourth-order valence-corrected chi connectivity index (χ4v) is 5.11. The minimum atomic E-state index is -1.25. The van der Waals surface area contributed by atoms with Crippen LogP contribution in [0.4, 0.5) is 0 Å². The molecule has 0 bridgehead atoms. The van der Waals surface area contributed by atoms with E-state index in [1.165, 1.54) is 0 Å². The molecule has 2 fully saturated rings. The number of carbonyl (C=O) groups is 4. The Morgan fingerprint density at radius 2 is 0.879 bits per heavy atom. The van der Waals surface area contributed by atoms with E-state index in [-0.39, 0.29) is 39.9 Å². The molecule has 0 heterocycles. The Morgan fingerprint density at radius 1 is 0.576 bits per heavy atom. The van der Waals surface area contributed by atoms with Crippen LogP contribution in [0.5, 0.6) is 0 Å². The van der Waals surface area contributed by atoms with Crippen molar-refractivity contribution < 1.29 is 79.5 Å². The van der Waals surface area contributed by atoms with Crippen LogP contribution in [0.25, 0.3) is 0 Å². The Hall–Kier alpha value is -0.795. The van der Waals surface area contributed by atoms with Crippen LogP contribution in [-0.2, 0) is 19.2 Å². The van der Waals surface area contributed by atoms with Crippen LogP contribution >= 0.6 is 0 Å². The molecule has 8 nitrogen and oxygen atoms in total. The number of carboxylic acid groups (broad SMARTS) is 4. The van der Waals surface area contributed by atoms with E-state index in [2.05, 4.69) is 13.8 Å². The first-order valence-corrected chi connectivity index (χ1v) is 12.0. The van der Waals surface area contributed by atoms with Crippen LogP contribution in [0, 0.1) is 75.4 Å². The SMILES string of the molecule is CCCCC1CCC(C(=O)[O-])C(C(=O)[O-])C1.CCCCC1CCC(C(=O)[O-])C(C(=O)[O-])C1.[Th+4]. The van der Waals surface area contributed by atoms with Gasteiger partial charge in [-0.15, -0.1) is 0 Å². The number of carbonyl (C=O) groups excluding carboxylic acids is 4. The summed E-state index contributed by atoms with van der Waals surface area (Å²) in [6.07, 6.45) is 9.55. The van der Waals surface area contributed by atoms with E-state index in [4.69, 9.17) is 0 Å². The van der Waals surface area contributed by atoms with E-state index in [1.807, 2.05) is 0 Å². The van der Waals surface area contributed by atoms with E-state index in [0.717, 1.165) is 51.4 Å². The number of carboxylic acids is 4. The van der Waals surface area contributed by atoms with Crippen molar-refractivity contribution >= 4 is 23.9 Å². The molecule has 0 aromatic heterocycles. The van der Waals surface area contributed by atoms with Gasteiger partial charge in [0.1, 0.15) is 0 Å². The second-order valence-corrected chi connectivity index (χ2v) is 9.34. The number of aliphatic carboxylic acids is 4. The number of rotatable bonds is 10. The molecule has 2 rings (SSSR count). The Bertz CT molecular complexity index is 584. The molecule has 9 heteroatoms. The molecule has 0 aliphatic heterocycles. The maximum atomic E-state index is 10.9. The summed E-state index contributed by atoms with van der Waals surface area (Å²) in [6.45, 7) is 4.17. The molecule has 0 amide bonds. The van der Waals surface area contributed by atoms with Gasteiger partial charge in [0.2, 0.25) is 0 Å². The monoisotopic (exact) mass is 684 g/mol. The minimum Gasteiger partial charge on any atom is -0.550 e. The largest absolute Gasteiger partial charge is 4.00 e. The van der Waals surface area contributed by atoms with E-state index in [9.17, 15) is 39.6 Å². The zero-order valence-electron chi connectivity index (χ0n) is 19.7. The van der Waals surface area contributed by atoms with Gasteiger partial charge in [-0.3, -0.25) is 0 Å². The van der Waals surface area contributed by atoms with Crippen LogP contribution in [0.15, 0.2) is 0 Å². The molecule has 0 spiro atoms. The third-order valence-corrected chi connectivity index (χ3v) is 7.06. The van der Waals surface area contributed by atoms with Crippen molar-refractivity contribution in [2.24, 2.45) is 35.5 Å². The second kappa shape index (κ2) is 16.8. The van der Waals surface area contributed by atoms with Gasteiger partial charge in [-0.25, -0.2) is 0 Å². The molecule has 2 aliphatic rings. The smallest absolute Gasteiger partial charge is 0.550 e. The standard InChI is InChI=1S/2C12H20O4.Th/c2*1-2-3-4-8-5-6-9(11(13)14)10(7-8)12(15)16;/h2*8-10H,2-7H2,1H3,(H,13,14)(H,15,16);/q;;+4/p-4. The number of unbranched alkanes of at least 4 members (excludes halogenated alkanes) is 2. The Morgan fingerprint density at radius 3 is 1.12 bits per heavy atom. The van der Waals surface area contributed by atoms with Crippen LogP contribution < -0.4 is 20.4 Å². The molecule has 0 aromatic rings. The summed E-state index contributed by atoms with van der Waals surface area (Å²) in [5, 5.41) is 43.3. The zero-order chi connectivity index (χ0) is 24.3. The summed E-state index contributed by atoms with van der Waals surface area (Å²) in [6, 6.07) is 0. The summed E-state index contributed by atoms with van der Waals surface area (Å²) in [7, 11) is 0. The Kier molecular flexibility index (Phi) is 16.4. The Balaban J connectivity index is 0.000000602. The third kappa shape index (κ3) is 11.0. The third-order valence-electron chi connectivity index (χ3n) is 7.06. The van der Waals surface area contributed by atoms with Crippen molar-refractivity contribution in [3.63, 3.8) is 0 Å². The normalized spacial score (nSPS) is 29.0. The van der Waals surface area contributed by atoms with Gasteiger partial charge in [0.15, 0.2) is 0 Å². The predicted molar refractivity (Wildman–Crippen MR) is 108 cm³/mol. The van der Waals surface area contributed by atoms with Gasteiger partial charge in [-0.05, 0) is 50.4 Å². The van der Waals surface area contributed by atoms with Crippen LogP contribution in [0.3, 0.4) is 0 Å². The van der Waals surface area contributed by atoms with E-state index >= 15 is 0 Å². The van der Waals surface area contributed by atoms with Crippen molar-refractivity contribution in [2.45, 2.75) is 90.9 Å². The van der Waals surface area contributed by atoms with Crippen LogP contribution in [-0.4, -0.2) is 23.9 Å². The maximum Gasteiger partial charge on any atom is 4.00 e. The molecule has 33 heavy (non-hydrogen) atoms. The molecule has 0 N–H and O–H groups in total.